The van der Waals surface area contributed by atoms with Crippen molar-refractivity contribution < 1.29 is 34.2 Å². The van der Waals surface area contributed by atoms with Gasteiger partial charge in [0.1, 0.15) is 5.15 Å². The lowest BCUT2D eigenvalue weighted by Crippen LogP contribution is -2.74. The Labute approximate surface area is 211 Å². The molecule has 4 aliphatic carbocycles. The SMILES string of the molecule is CN(C)[C@@H]1C(=O)C(C(N)=O)C(=O)[C@@]2(O)C(=O)C3C(=O)c4c(O)c(NCC5CC5)nc(Cl)c4C[C@H]3C[C@@H]12. The van der Waals surface area contributed by atoms with Crippen LogP contribution in [0.3, 0.4) is 0 Å². The van der Waals surface area contributed by atoms with Gasteiger partial charge in [-0.15, -0.1) is 0 Å². The molecule has 1 heterocycles. The first kappa shape index (κ1) is 24.8. The summed E-state index contributed by atoms with van der Waals surface area (Å²) < 4.78 is 0. The van der Waals surface area contributed by atoms with Crippen LogP contribution in [-0.4, -0.2) is 81.4 Å². The number of nitrogens with one attached hydrogen (secondary N) is 1. The summed E-state index contributed by atoms with van der Waals surface area (Å²) in [7, 11) is 3.06. The molecule has 0 aliphatic heterocycles. The highest BCUT2D eigenvalue weighted by molar-refractivity contribution is 6.34. The average molecular weight is 519 g/mol. The molecule has 0 radical (unpaired) electrons. The molecule has 0 saturated heterocycles. The van der Waals surface area contributed by atoms with E-state index in [1.165, 1.54) is 19.0 Å². The van der Waals surface area contributed by atoms with E-state index in [9.17, 15) is 34.2 Å². The molecule has 1 amide bonds. The summed E-state index contributed by atoms with van der Waals surface area (Å²) in [5.74, 6) is -10.5. The Hall–Kier alpha value is -2.89. The molecule has 3 fully saturated rings. The minimum absolute atomic E-state index is 0.00919. The number of carbonyl (C=O) groups is 5. The molecule has 0 bridgehead atoms. The van der Waals surface area contributed by atoms with Gasteiger partial charge in [-0.25, -0.2) is 4.98 Å². The zero-order valence-corrected chi connectivity index (χ0v) is 20.5. The van der Waals surface area contributed by atoms with Crippen LogP contribution in [-0.2, 0) is 25.6 Å². The lowest BCUT2D eigenvalue weighted by atomic mass is 9.52. The summed E-state index contributed by atoms with van der Waals surface area (Å²) in [5, 5.41) is 25.5. The third kappa shape index (κ3) is 3.40. The summed E-state index contributed by atoms with van der Waals surface area (Å²) >= 11 is 6.41. The number of aliphatic hydroxyl groups is 1. The van der Waals surface area contributed by atoms with E-state index >= 15 is 0 Å². The van der Waals surface area contributed by atoms with Crippen LogP contribution in [0.1, 0.15) is 35.2 Å². The average Bonchev–Trinajstić information content (AvgIpc) is 3.61. The Morgan fingerprint density at radius 1 is 1.22 bits per heavy atom. The lowest BCUT2D eigenvalue weighted by Gasteiger charge is -2.52. The number of primary amides is 1. The second-order valence-electron chi connectivity index (χ2n) is 10.6. The van der Waals surface area contributed by atoms with E-state index in [2.05, 4.69) is 10.3 Å². The highest BCUT2D eigenvalue weighted by Crippen LogP contribution is 2.52. The van der Waals surface area contributed by atoms with E-state index in [0.717, 1.165) is 12.8 Å². The number of hydrogen-bond donors (Lipinski definition) is 4. The van der Waals surface area contributed by atoms with Crippen molar-refractivity contribution in [2.75, 3.05) is 26.0 Å². The maximum atomic E-state index is 13.8. The summed E-state index contributed by atoms with van der Waals surface area (Å²) in [6, 6.07) is -1.15. The molecule has 36 heavy (non-hydrogen) atoms. The van der Waals surface area contributed by atoms with Gasteiger partial charge >= 0.3 is 0 Å². The standard InChI is InChI=1S/C24H27ClN4O7/c1-29(2)15-11-6-9-5-10-13(18(32)23(28-21(10)25)27-7-8-3-4-8)16(30)12(9)19(33)24(11,36)20(34)14(17(15)31)22(26)35/h8-9,11-12,14-15,32,36H,3-7H2,1-2H3,(H2,26,35)(H,27,28)/t9-,11-,12?,14?,15-,24-/m0/s1. The van der Waals surface area contributed by atoms with Gasteiger partial charge < -0.3 is 21.3 Å². The monoisotopic (exact) mass is 518 g/mol. The Balaban J connectivity index is 1.59. The number of aromatic hydroxyl groups is 1. The second kappa shape index (κ2) is 8.32. The van der Waals surface area contributed by atoms with Crippen LogP contribution < -0.4 is 11.1 Å². The first-order chi connectivity index (χ1) is 16.9. The first-order valence-electron chi connectivity index (χ1n) is 11.9. The fraction of sp³-hybridized carbons (Fsp3) is 0.583. The minimum Gasteiger partial charge on any atom is -0.504 e. The van der Waals surface area contributed by atoms with Crippen molar-refractivity contribution in [3.63, 3.8) is 0 Å². The molecule has 1 aromatic heterocycles. The van der Waals surface area contributed by atoms with Crippen molar-refractivity contribution in [2.45, 2.75) is 37.3 Å². The van der Waals surface area contributed by atoms with E-state index in [0.29, 0.717) is 12.5 Å². The molecule has 4 aliphatic rings. The maximum Gasteiger partial charge on any atom is 0.235 e. The number of halogens is 1. The molecule has 12 heteroatoms. The molecule has 11 nitrogen and oxygen atoms in total. The number of pyridine rings is 1. The number of nitrogens with two attached hydrogens (primary N) is 1. The third-order valence-electron chi connectivity index (χ3n) is 8.13. The van der Waals surface area contributed by atoms with Gasteiger partial charge in [0.05, 0.1) is 17.5 Å². The molecule has 0 spiro atoms. The van der Waals surface area contributed by atoms with E-state index in [1.54, 1.807) is 0 Å². The third-order valence-corrected chi connectivity index (χ3v) is 8.44. The van der Waals surface area contributed by atoms with Gasteiger partial charge in [0.2, 0.25) is 5.91 Å². The number of aromatic nitrogens is 1. The van der Waals surface area contributed by atoms with Gasteiger partial charge in [0, 0.05) is 18.0 Å². The van der Waals surface area contributed by atoms with Crippen molar-refractivity contribution in [3.8, 4) is 5.75 Å². The zero-order valence-electron chi connectivity index (χ0n) is 19.8. The predicted molar refractivity (Wildman–Crippen MR) is 125 cm³/mol. The van der Waals surface area contributed by atoms with Crippen molar-refractivity contribution in [3.05, 3.63) is 16.3 Å². The molecule has 3 saturated carbocycles. The van der Waals surface area contributed by atoms with Crippen LogP contribution in [0.5, 0.6) is 5.75 Å². The molecule has 5 N–H and O–H groups in total. The van der Waals surface area contributed by atoms with Crippen LogP contribution in [0.25, 0.3) is 0 Å². The van der Waals surface area contributed by atoms with E-state index in [-0.39, 0.29) is 34.9 Å². The van der Waals surface area contributed by atoms with Gasteiger partial charge in [0.25, 0.3) is 0 Å². The van der Waals surface area contributed by atoms with Crippen molar-refractivity contribution in [2.24, 2.45) is 35.3 Å². The van der Waals surface area contributed by atoms with Crippen LogP contribution in [0, 0.1) is 29.6 Å². The van der Waals surface area contributed by atoms with Crippen molar-refractivity contribution in [1.82, 2.24) is 9.88 Å². The van der Waals surface area contributed by atoms with Gasteiger partial charge in [-0.3, -0.25) is 28.9 Å². The van der Waals surface area contributed by atoms with Crippen molar-refractivity contribution >= 4 is 46.5 Å². The van der Waals surface area contributed by atoms with Crippen molar-refractivity contribution in [1.29, 1.82) is 0 Å². The van der Waals surface area contributed by atoms with Gasteiger partial charge in [0.15, 0.2) is 46.2 Å². The minimum atomic E-state index is -2.75. The number of amides is 1. The second-order valence-corrected chi connectivity index (χ2v) is 10.9. The number of fused-ring (bicyclic) bond motifs is 3. The molecular formula is C24H27ClN4O7. The fourth-order valence-corrected chi connectivity index (χ4v) is 6.46. The van der Waals surface area contributed by atoms with Gasteiger partial charge in [-0.05, 0) is 51.6 Å². The molecule has 2 unspecified atom stereocenters. The Kier molecular flexibility index (Phi) is 5.73. The fourth-order valence-electron chi connectivity index (χ4n) is 6.20. The van der Waals surface area contributed by atoms with Crippen LogP contribution >= 0.6 is 11.6 Å². The normalized spacial score (nSPS) is 33.8. The molecule has 192 valence electrons. The topological polar surface area (TPSA) is 180 Å². The molecule has 1 aromatic rings. The molecular weight excluding hydrogens is 492 g/mol. The first-order valence-corrected chi connectivity index (χ1v) is 12.3. The van der Waals surface area contributed by atoms with E-state index in [1.807, 2.05) is 0 Å². The number of ketones is 4. The largest absolute Gasteiger partial charge is 0.504 e. The highest BCUT2D eigenvalue weighted by Gasteiger charge is 2.69. The number of anilines is 1. The Bertz CT molecular complexity index is 1230. The lowest BCUT2D eigenvalue weighted by molar-refractivity contribution is -0.181. The number of rotatable bonds is 5. The smallest absolute Gasteiger partial charge is 0.235 e. The van der Waals surface area contributed by atoms with Gasteiger partial charge in [-0.1, -0.05) is 11.6 Å². The Morgan fingerprint density at radius 3 is 2.47 bits per heavy atom. The quantitative estimate of drug-likeness (QED) is 0.299. The zero-order chi connectivity index (χ0) is 26.3. The number of Topliss-reactive ketones (excluding diaryl/α,β-unsaturated/α-hetero) is 4. The predicted octanol–water partition coefficient (Wildman–Crippen LogP) is -0.263. The molecule has 6 atom stereocenters. The maximum absolute atomic E-state index is 13.8. The summed E-state index contributed by atoms with van der Waals surface area (Å²) in [6.07, 6.45) is 2.12. The van der Waals surface area contributed by atoms with E-state index < -0.39 is 70.1 Å². The van der Waals surface area contributed by atoms with Gasteiger partial charge in [-0.2, -0.15) is 0 Å². The number of nitrogens with zero attached hydrogens (tertiary/aromatic N) is 2. The molecule has 0 aromatic carbocycles. The van der Waals surface area contributed by atoms with Crippen LogP contribution in [0.2, 0.25) is 5.15 Å². The van der Waals surface area contributed by atoms with E-state index in [4.69, 9.17) is 17.3 Å². The summed E-state index contributed by atoms with van der Waals surface area (Å²) in [5.41, 5.74) is 2.67. The number of likely N-dealkylation sites (N-methyl/N-ethyl adjacent to an activating group) is 1. The highest BCUT2D eigenvalue weighted by atomic mass is 35.5. The summed E-state index contributed by atoms with van der Waals surface area (Å²) in [4.78, 5) is 71.4. The van der Waals surface area contributed by atoms with Crippen LogP contribution in [0.15, 0.2) is 0 Å². The van der Waals surface area contributed by atoms with Crippen LogP contribution in [0.4, 0.5) is 5.82 Å². The summed E-state index contributed by atoms with van der Waals surface area (Å²) in [6.45, 7) is 0.541. The Morgan fingerprint density at radius 2 is 1.89 bits per heavy atom. The number of hydrogen-bond acceptors (Lipinski definition) is 10. The number of carbonyl (C=O) groups excluding carboxylic acids is 5. The molecule has 5 rings (SSSR count).